The molecule has 2 aliphatic rings. The first-order chi connectivity index (χ1) is 13.4. The van der Waals surface area contributed by atoms with Gasteiger partial charge in [-0.3, -0.25) is 4.79 Å². The van der Waals surface area contributed by atoms with E-state index in [4.69, 9.17) is 4.52 Å². The zero-order valence-electron chi connectivity index (χ0n) is 15.8. The summed E-state index contributed by atoms with van der Waals surface area (Å²) in [5, 5.41) is 4.16. The molecule has 2 atom stereocenters. The van der Waals surface area contributed by atoms with Crippen molar-refractivity contribution < 1.29 is 17.7 Å². The molecule has 2 heterocycles. The van der Waals surface area contributed by atoms with E-state index in [2.05, 4.69) is 14.9 Å². The summed E-state index contributed by atoms with van der Waals surface area (Å²) in [5.74, 6) is 0.512. The molecule has 9 heteroatoms. The summed E-state index contributed by atoms with van der Waals surface area (Å²) in [5.41, 5.74) is 0.747. The molecule has 28 heavy (non-hydrogen) atoms. The predicted octanol–water partition coefficient (Wildman–Crippen LogP) is 1.09. The number of carbonyl (C=O) groups is 1. The van der Waals surface area contributed by atoms with Gasteiger partial charge in [-0.2, -0.15) is 4.98 Å². The number of hydrogen-bond acceptors (Lipinski definition) is 6. The van der Waals surface area contributed by atoms with Crippen molar-refractivity contribution in [2.24, 2.45) is 5.92 Å². The van der Waals surface area contributed by atoms with Crippen LogP contribution in [0.2, 0.25) is 0 Å². The average Bonchev–Trinajstić information content (AvgIpc) is 3.36. The lowest BCUT2D eigenvalue weighted by Gasteiger charge is -2.24. The number of amides is 1. The molecule has 1 saturated carbocycles. The SMILES string of the molecule is CNS(=O)(=O)CC(=O)N1C[C@H]2CCC[C@@]2(c2nc(Cc3ccccc3)no2)C1. The van der Waals surface area contributed by atoms with Gasteiger partial charge in [-0.05, 0) is 31.4 Å². The number of nitrogens with one attached hydrogen (secondary N) is 1. The molecule has 0 spiro atoms. The smallest absolute Gasteiger partial charge is 0.239 e. The van der Waals surface area contributed by atoms with Crippen LogP contribution in [0.1, 0.15) is 36.5 Å². The lowest BCUT2D eigenvalue weighted by atomic mass is 9.80. The van der Waals surface area contributed by atoms with Crippen LogP contribution in [0.15, 0.2) is 34.9 Å². The van der Waals surface area contributed by atoms with E-state index in [0.717, 1.165) is 24.8 Å². The molecule has 1 amide bonds. The third-order valence-electron chi connectivity index (χ3n) is 5.95. The molecule has 1 saturated heterocycles. The van der Waals surface area contributed by atoms with Crippen molar-refractivity contribution in [1.82, 2.24) is 19.8 Å². The van der Waals surface area contributed by atoms with Crippen LogP contribution in [0.3, 0.4) is 0 Å². The minimum atomic E-state index is -3.59. The van der Waals surface area contributed by atoms with Gasteiger partial charge in [0.05, 0.1) is 5.41 Å². The first-order valence-electron chi connectivity index (χ1n) is 9.48. The number of sulfonamides is 1. The second-order valence-electron chi connectivity index (χ2n) is 7.66. The van der Waals surface area contributed by atoms with E-state index >= 15 is 0 Å². The van der Waals surface area contributed by atoms with Gasteiger partial charge in [0.2, 0.25) is 21.8 Å². The molecule has 0 unspecified atom stereocenters. The Hall–Kier alpha value is -2.26. The van der Waals surface area contributed by atoms with Gasteiger partial charge in [0, 0.05) is 19.5 Å². The Morgan fingerprint density at radius 1 is 1.36 bits per heavy atom. The number of likely N-dealkylation sites (tertiary alicyclic amines) is 1. The molecule has 8 nitrogen and oxygen atoms in total. The van der Waals surface area contributed by atoms with Crippen LogP contribution in [0.25, 0.3) is 0 Å². The maximum atomic E-state index is 12.5. The molecule has 0 radical (unpaired) electrons. The van der Waals surface area contributed by atoms with E-state index in [9.17, 15) is 13.2 Å². The zero-order valence-corrected chi connectivity index (χ0v) is 16.6. The number of carbonyl (C=O) groups excluding carboxylic acids is 1. The van der Waals surface area contributed by atoms with Crippen LogP contribution in [0, 0.1) is 5.92 Å². The van der Waals surface area contributed by atoms with E-state index in [1.54, 1.807) is 4.90 Å². The highest BCUT2D eigenvalue weighted by Gasteiger charge is 2.55. The number of aromatic nitrogens is 2. The number of fused-ring (bicyclic) bond motifs is 1. The molecule has 2 fully saturated rings. The second kappa shape index (κ2) is 7.29. The highest BCUT2D eigenvalue weighted by molar-refractivity contribution is 7.90. The largest absolute Gasteiger partial charge is 0.340 e. The third kappa shape index (κ3) is 3.56. The molecule has 1 aromatic carbocycles. The number of benzene rings is 1. The monoisotopic (exact) mass is 404 g/mol. The molecule has 1 aliphatic carbocycles. The Bertz CT molecular complexity index is 959. The zero-order chi connectivity index (χ0) is 19.8. The van der Waals surface area contributed by atoms with Crippen LogP contribution in [-0.4, -0.2) is 55.3 Å². The highest BCUT2D eigenvalue weighted by atomic mass is 32.2. The Morgan fingerprint density at radius 3 is 2.89 bits per heavy atom. The molecular formula is C19H24N4O4S. The molecular weight excluding hydrogens is 380 g/mol. The van der Waals surface area contributed by atoms with E-state index in [1.165, 1.54) is 7.05 Å². The summed E-state index contributed by atoms with van der Waals surface area (Å²) in [6, 6.07) is 9.95. The van der Waals surface area contributed by atoms with Crippen molar-refractivity contribution in [2.45, 2.75) is 31.1 Å². The van der Waals surface area contributed by atoms with Gasteiger partial charge in [-0.1, -0.05) is 41.9 Å². The van der Waals surface area contributed by atoms with Crippen LogP contribution in [-0.2, 0) is 26.7 Å². The fourth-order valence-corrected chi connectivity index (χ4v) is 5.11. The number of hydrogen-bond donors (Lipinski definition) is 1. The minimum Gasteiger partial charge on any atom is -0.340 e. The average molecular weight is 404 g/mol. The predicted molar refractivity (Wildman–Crippen MR) is 102 cm³/mol. The van der Waals surface area contributed by atoms with Gasteiger partial charge in [0.25, 0.3) is 0 Å². The fourth-order valence-electron chi connectivity index (χ4n) is 4.46. The van der Waals surface area contributed by atoms with Gasteiger partial charge in [-0.15, -0.1) is 0 Å². The molecule has 1 aliphatic heterocycles. The molecule has 4 rings (SSSR count). The van der Waals surface area contributed by atoms with Crippen molar-refractivity contribution in [3.63, 3.8) is 0 Å². The molecule has 1 aromatic heterocycles. The van der Waals surface area contributed by atoms with Gasteiger partial charge in [0.15, 0.2) is 5.82 Å². The lowest BCUT2D eigenvalue weighted by molar-refractivity contribution is -0.127. The molecule has 0 bridgehead atoms. The van der Waals surface area contributed by atoms with Gasteiger partial charge in [0.1, 0.15) is 5.75 Å². The Balaban J connectivity index is 1.53. The first-order valence-corrected chi connectivity index (χ1v) is 11.1. The van der Waals surface area contributed by atoms with Crippen LogP contribution >= 0.6 is 0 Å². The standard InChI is InChI=1S/C19H24N4O4S/c1-20-28(25,26)12-17(24)23-11-15-8-5-9-19(15,13-23)18-21-16(22-27-18)10-14-6-3-2-4-7-14/h2-4,6-7,15,20H,5,8-13H2,1H3/t15-,19-/m1/s1. The second-order valence-corrected chi connectivity index (χ2v) is 9.59. The molecule has 150 valence electrons. The lowest BCUT2D eigenvalue weighted by Crippen LogP contribution is -2.39. The fraction of sp³-hybridized carbons (Fsp3) is 0.526. The van der Waals surface area contributed by atoms with E-state index < -0.39 is 15.8 Å². The Kier molecular flexibility index (Phi) is 4.96. The molecule has 1 N–H and O–H groups in total. The van der Waals surface area contributed by atoms with Crippen molar-refractivity contribution in [3.8, 4) is 0 Å². The quantitative estimate of drug-likeness (QED) is 0.773. The van der Waals surface area contributed by atoms with Crippen molar-refractivity contribution >= 4 is 15.9 Å². The van der Waals surface area contributed by atoms with E-state index in [-0.39, 0.29) is 17.2 Å². The van der Waals surface area contributed by atoms with Crippen molar-refractivity contribution in [1.29, 1.82) is 0 Å². The first kappa shape index (κ1) is 19.1. The normalized spacial score (nSPS) is 24.5. The van der Waals surface area contributed by atoms with E-state index in [0.29, 0.717) is 31.2 Å². The van der Waals surface area contributed by atoms with Gasteiger partial charge < -0.3 is 9.42 Å². The van der Waals surface area contributed by atoms with Crippen molar-refractivity contribution in [2.75, 3.05) is 25.9 Å². The summed E-state index contributed by atoms with van der Waals surface area (Å²) in [6.07, 6.45) is 3.47. The maximum Gasteiger partial charge on any atom is 0.239 e. The summed E-state index contributed by atoms with van der Waals surface area (Å²) in [7, 11) is -2.27. The Morgan fingerprint density at radius 2 is 2.14 bits per heavy atom. The summed E-state index contributed by atoms with van der Waals surface area (Å²) in [4.78, 5) is 18.8. The number of rotatable bonds is 6. The van der Waals surface area contributed by atoms with Gasteiger partial charge >= 0.3 is 0 Å². The highest BCUT2D eigenvalue weighted by Crippen LogP contribution is 2.50. The van der Waals surface area contributed by atoms with Crippen LogP contribution in [0.4, 0.5) is 0 Å². The maximum absolute atomic E-state index is 12.5. The number of nitrogens with zero attached hydrogens (tertiary/aromatic N) is 3. The van der Waals surface area contributed by atoms with Crippen molar-refractivity contribution in [3.05, 3.63) is 47.6 Å². The van der Waals surface area contributed by atoms with E-state index in [1.807, 2.05) is 30.3 Å². The topological polar surface area (TPSA) is 105 Å². The van der Waals surface area contributed by atoms with Crippen LogP contribution < -0.4 is 4.72 Å². The summed E-state index contributed by atoms with van der Waals surface area (Å²) < 4.78 is 31.3. The van der Waals surface area contributed by atoms with Gasteiger partial charge in [-0.25, -0.2) is 13.1 Å². The minimum absolute atomic E-state index is 0.221. The van der Waals surface area contributed by atoms with Crippen LogP contribution in [0.5, 0.6) is 0 Å². The summed E-state index contributed by atoms with van der Waals surface area (Å²) >= 11 is 0. The Labute approximate surface area is 164 Å². The third-order valence-corrected chi connectivity index (χ3v) is 7.20. The summed E-state index contributed by atoms with van der Waals surface area (Å²) in [6.45, 7) is 0.969. The molecule has 2 aromatic rings.